The van der Waals surface area contributed by atoms with Crippen LogP contribution in [0.3, 0.4) is 0 Å². The van der Waals surface area contributed by atoms with Crippen LogP contribution in [0.4, 0.5) is 5.95 Å². The van der Waals surface area contributed by atoms with Crippen LogP contribution in [0.25, 0.3) is 0 Å². The van der Waals surface area contributed by atoms with E-state index < -0.39 is 0 Å². The SMILES string of the molecule is COc1cc(C)nc(NCCCN(C)C2CCCCC2)n1. The number of nitrogens with one attached hydrogen (secondary N) is 1. The molecule has 1 aromatic rings. The molecule has 0 saturated heterocycles. The maximum absolute atomic E-state index is 5.16. The number of methoxy groups -OCH3 is 1. The Bertz CT molecular complexity index is 432. The van der Waals surface area contributed by atoms with Gasteiger partial charge in [0.05, 0.1) is 7.11 Å². The molecule has 1 saturated carbocycles. The minimum absolute atomic E-state index is 0.615. The van der Waals surface area contributed by atoms with Crippen LogP contribution in [0, 0.1) is 6.92 Å². The van der Waals surface area contributed by atoms with E-state index in [1.807, 2.05) is 13.0 Å². The van der Waals surface area contributed by atoms with E-state index in [0.29, 0.717) is 11.8 Å². The van der Waals surface area contributed by atoms with Crippen molar-refractivity contribution >= 4 is 5.95 Å². The predicted molar refractivity (Wildman–Crippen MR) is 85.9 cm³/mol. The topological polar surface area (TPSA) is 50.3 Å². The molecule has 0 aliphatic heterocycles. The Morgan fingerprint density at radius 1 is 1.29 bits per heavy atom. The third kappa shape index (κ3) is 5.16. The lowest BCUT2D eigenvalue weighted by Gasteiger charge is -2.31. The number of aryl methyl sites for hydroxylation is 1. The lowest BCUT2D eigenvalue weighted by atomic mass is 9.94. The van der Waals surface area contributed by atoms with Crippen LogP contribution in [0.2, 0.25) is 0 Å². The fraction of sp³-hybridized carbons (Fsp3) is 0.750. The van der Waals surface area contributed by atoms with Crippen LogP contribution < -0.4 is 10.1 Å². The molecule has 5 nitrogen and oxygen atoms in total. The van der Waals surface area contributed by atoms with Crippen LogP contribution in [-0.2, 0) is 0 Å². The third-order valence-electron chi connectivity index (χ3n) is 4.21. The van der Waals surface area contributed by atoms with Crippen molar-refractivity contribution < 1.29 is 4.74 Å². The van der Waals surface area contributed by atoms with E-state index >= 15 is 0 Å². The molecule has 0 atom stereocenters. The van der Waals surface area contributed by atoms with E-state index in [-0.39, 0.29) is 0 Å². The van der Waals surface area contributed by atoms with E-state index in [9.17, 15) is 0 Å². The molecule has 1 N–H and O–H groups in total. The fourth-order valence-electron chi connectivity index (χ4n) is 2.96. The molecule has 0 aromatic carbocycles. The molecule has 5 heteroatoms. The summed E-state index contributed by atoms with van der Waals surface area (Å²) in [6.07, 6.45) is 8.03. The first-order chi connectivity index (χ1) is 10.2. The maximum Gasteiger partial charge on any atom is 0.226 e. The van der Waals surface area contributed by atoms with Crippen LogP contribution >= 0.6 is 0 Å². The number of ether oxygens (including phenoxy) is 1. The highest BCUT2D eigenvalue weighted by atomic mass is 16.5. The first kappa shape index (κ1) is 16.0. The van der Waals surface area contributed by atoms with E-state index in [4.69, 9.17) is 4.74 Å². The lowest BCUT2D eigenvalue weighted by molar-refractivity contribution is 0.191. The Hall–Kier alpha value is -1.36. The van der Waals surface area contributed by atoms with Crippen molar-refractivity contribution in [3.63, 3.8) is 0 Å². The summed E-state index contributed by atoms with van der Waals surface area (Å²) in [5.41, 5.74) is 0.920. The molecular formula is C16H28N4O. The average molecular weight is 292 g/mol. The van der Waals surface area contributed by atoms with E-state index in [2.05, 4.69) is 27.2 Å². The third-order valence-corrected chi connectivity index (χ3v) is 4.21. The van der Waals surface area contributed by atoms with Gasteiger partial charge in [0.25, 0.3) is 0 Å². The monoisotopic (exact) mass is 292 g/mol. The zero-order chi connectivity index (χ0) is 15.1. The van der Waals surface area contributed by atoms with Crippen molar-refractivity contribution in [1.82, 2.24) is 14.9 Å². The number of rotatable bonds is 7. The van der Waals surface area contributed by atoms with Crippen molar-refractivity contribution in [2.75, 3.05) is 32.6 Å². The highest BCUT2D eigenvalue weighted by Crippen LogP contribution is 2.21. The predicted octanol–water partition coefficient (Wildman–Crippen LogP) is 2.86. The summed E-state index contributed by atoms with van der Waals surface area (Å²) in [6, 6.07) is 2.62. The van der Waals surface area contributed by atoms with Gasteiger partial charge in [0.15, 0.2) is 0 Å². The smallest absolute Gasteiger partial charge is 0.226 e. The van der Waals surface area contributed by atoms with Gasteiger partial charge in [0.2, 0.25) is 11.8 Å². The largest absolute Gasteiger partial charge is 0.481 e. The number of nitrogens with zero attached hydrogens (tertiary/aromatic N) is 3. The first-order valence-corrected chi connectivity index (χ1v) is 8.03. The summed E-state index contributed by atoms with van der Waals surface area (Å²) in [4.78, 5) is 11.2. The second-order valence-corrected chi connectivity index (χ2v) is 5.93. The van der Waals surface area contributed by atoms with Crippen LogP contribution in [-0.4, -0.2) is 48.2 Å². The number of anilines is 1. The van der Waals surface area contributed by atoms with Gasteiger partial charge in [0, 0.05) is 24.3 Å². The van der Waals surface area contributed by atoms with E-state index in [0.717, 1.165) is 31.2 Å². The van der Waals surface area contributed by atoms with Crippen molar-refractivity contribution in [3.8, 4) is 5.88 Å². The van der Waals surface area contributed by atoms with Crippen molar-refractivity contribution in [2.24, 2.45) is 0 Å². The Kier molecular flexibility index (Phi) is 6.23. The fourth-order valence-corrected chi connectivity index (χ4v) is 2.96. The molecule has 0 radical (unpaired) electrons. The maximum atomic E-state index is 5.16. The highest BCUT2D eigenvalue weighted by molar-refractivity contribution is 5.30. The molecule has 21 heavy (non-hydrogen) atoms. The zero-order valence-electron chi connectivity index (χ0n) is 13.6. The van der Waals surface area contributed by atoms with Crippen LogP contribution in [0.15, 0.2) is 6.07 Å². The van der Waals surface area contributed by atoms with Crippen molar-refractivity contribution in [3.05, 3.63) is 11.8 Å². The molecular weight excluding hydrogens is 264 g/mol. The Labute approximate surface area is 128 Å². The highest BCUT2D eigenvalue weighted by Gasteiger charge is 2.17. The summed E-state index contributed by atoms with van der Waals surface area (Å²) >= 11 is 0. The van der Waals surface area contributed by atoms with Gasteiger partial charge in [-0.25, -0.2) is 4.98 Å². The van der Waals surface area contributed by atoms with Gasteiger partial charge in [-0.15, -0.1) is 0 Å². The molecule has 2 rings (SSSR count). The molecule has 1 fully saturated rings. The summed E-state index contributed by atoms with van der Waals surface area (Å²) in [7, 11) is 3.88. The molecule has 0 unspecified atom stereocenters. The molecule has 1 aliphatic rings. The molecule has 0 amide bonds. The summed E-state index contributed by atoms with van der Waals surface area (Å²) in [5.74, 6) is 1.27. The standard InChI is InChI=1S/C16H28N4O/c1-13-12-15(21-3)19-16(18-13)17-10-7-11-20(2)14-8-5-4-6-9-14/h12,14H,4-11H2,1-3H3,(H,17,18,19). The molecule has 118 valence electrons. The molecule has 1 aromatic heterocycles. The average Bonchev–Trinajstić information content (AvgIpc) is 2.51. The second-order valence-electron chi connectivity index (χ2n) is 5.93. The van der Waals surface area contributed by atoms with Crippen LogP contribution in [0.5, 0.6) is 5.88 Å². The molecule has 0 bridgehead atoms. The summed E-state index contributed by atoms with van der Waals surface area (Å²) in [6.45, 7) is 3.97. The lowest BCUT2D eigenvalue weighted by Crippen LogP contribution is -2.34. The second kappa shape index (κ2) is 8.17. The van der Waals surface area contributed by atoms with Crippen LogP contribution in [0.1, 0.15) is 44.2 Å². The quantitative estimate of drug-likeness (QED) is 0.783. The Morgan fingerprint density at radius 3 is 2.76 bits per heavy atom. The van der Waals surface area contributed by atoms with Gasteiger partial charge in [-0.05, 0) is 39.8 Å². The van der Waals surface area contributed by atoms with Gasteiger partial charge in [-0.2, -0.15) is 4.98 Å². The zero-order valence-corrected chi connectivity index (χ0v) is 13.6. The number of hydrogen-bond acceptors (Lipinski definition) is 5. The normalized spacial score (nSPS) is 16.2. The molecule has 1 aliphatic carbocycles. The van der Waals surface area contributed by atoms with E-state index in [1.54, 1.807) is 7.11 Å². The first-order valence-electron chi connectivity index (χ1n) is 8.03. The minimum atomic E-state index is 0.615. The Morgan fingerprint density at radius 2 is 2.05 bits per heavy atom. The van der Waals surface area contributed by atoms with Gasteiger partial charge in [0.1, 0.15) is 0 Å². The van der Waals surface area contributed by atoms with Gasteiger partial charge < -0.3 is 15.0 Å². The van der Waals surface area contributed by atoms with Crippen molar-refractivity contribution in [1.29, 1.82) is 0 Å². The minimum Gasteiger partial charge on any atom is -0.481 e. The van der Waals surface area contributed by atoms with Crippen molar-refractivity contribution in [2.45, 2.75) is 51.5 Å². The Balaban J connectivity index is 1.70. The van der Waals surface area contributed by atoms with E-state index in [1.165, 1.54) is 32.1 Å². The summed E-state index contributed by atoms with van der Waals surface area (Å²) < 4.78 is 5.16. The van der Waals surface area contributed by atoms with Gasteiger partial charge in [-0.3, -0.25) is 0 Å². The van der Waals surface area contributed by atoms with Gasteiger partial charge in [-0.1, -0.05) is 19.3 Å². The number of aromatic nitrogens is 2. The molecule has 0 spiro atoms. The van der Waals surface area contributed by atoms with Gasteiger partial charge >= 0.3 is 0 Å². The molecule has 1 heterocycles. The number of hydrogen-bond donors (Lipinski definition) is 1. The summed E-state index contributed by atoms with van der Waals surface area (Å²) in [5, 5.41) is 3.29.